The molecule has 5 nitrogen and oxygen atoms in total. The maximum atomic E-state index is 12.7. The summed E-state index contributed by atoms with van der Waals surface area (Å²) in [6, 6.07) is 18.3. The van der Waals surface area contributed by atoms with Gasteiger partial charge in [-0.15, -0.1) is 0 Å². The zero-order valence-electron chi connectivity index (χ0n) is 15.5. The second kappa shape index (κ2) is 6.05. The predicted molar refractivity (Wildman–Crippen MR) is 106 cm³/mol. The molecule has 0 aliphatic carbocycles. The van der Waals surface area contributed by atoms with Crippen LogP contribution in [-0.4, -0.2) is 19.7 Å². The predicted octanol–water partition coefficient (Wildman–Crippen LogP) is 4.28. The number of benzene rings is 2. The molecule has 6 heteroatoms. The van der Waals surface area contributed by atoms with E-state index < -0.39 is 11.3 Å². The number of carbonyl (C=O) groups is 1. The average molecular weight is 390 g/mol. The van der Waals surface area contributed by atoms with E-state index in [1.54, 1.807) is 18.9 Å². The molecule has 0 saturated carbocycles. The molecule has 0 N–H and O–H groups in total. The van der Waals surface area contributed by atoms with Crippen LogP contribution >= 0.6 is 11.8 Å². The van der Waals surface area contributed by atoms with Gasteiger partial charge in [0.15, 0.2) is 0 Å². The Labute approximate surface area is 167 Å². The molecule has 28 heavy (non-hydrogen) atoms. The summed E-state index contributed by atoms with van der Waals surface area (Å²) in [5.74, 6) is -0.0800. The fourth-order valence-electron chi connectivity index (χ4n) is 4.64. The number of esters is 1. The number of nitrogens with zero attached hydrogens (tertiary/aromatic N) is 2. The van der Waals surface area contributed by atoms with Crippen molar-refractivity contribution in [2.24, 2.45) is 11.3 Å². The third-order valence-corrected chi connectivity index (χ3v) is 7.10. The molecule has 0 radical (unpaired) electrons. The minimum atomic E-state index is -0.558. The normalized spacial score (nSPS) is 27.6. The van der Waals surface area contributed by atoms with Gasteiger partial charge in [-0.05, 0) is 29.8 Å². The number of anilines is 1. The van der Waals surface area contributed by atoms with Crippen LogP contribution in [-0.2, 0) is 9.53 Å². The molecule has 1 fully saturated rings. The van der Waals surface area contributed by atoms with E-state index in [4.69, 9.17) is 9.47 Å². The smallest absolute Gasteiger partial charge is 0.315 e. The first-order valence-corrected chi connectivity index (χ1v) is 9.91. The Bertz CT molecular complexity index is 1060. The standard InChI is InChI=1S/C22H18N2O3S/c1-22-12-27-21(25)18(22)15(11-23)20-24(16-5-3-4-6-17(16)28-20)19(22)13-7-9-14(26-2)10-8-13/h3-10,18-19H,12H2,1-2H3/t18-,19-,22+/m1/s1. The summed E-state index contributed by atoms with van der Waals surface area (Å²) in [6.45, 7) is 2.34. The third kappa shape index (κ3) is 2.17. The maximum Gasteiger partial charge on any atom is 0.315 e. The van der Waals surface area contributed by atoms with E-state index in [2.05, 4.69) is 30.0 Å². The number of rotatable bonds is 2. The highest BCUT2D eigenvalue weighted by Crippen LogP contribution is 2.63. The monoisotopic (exact) mass is 390 g/mol. The SMILES string of the molecule is COc1ccc([C@H]2N3C(=C(C#N)[C@@H]4C(=O)OC[C@@]42C)Sc2ccccc23)cc1. The number of para-hydroxylation sites is 1. The van der Waals surface area contributed by atoms with Crippen molar-refractivity contribution in [1.29, 1.82) is 5.26 Å². The molecule has 0 unspecified atom stereocenters. The molecule has 0 amide bonds. The van der Waals surface area contributed by atoms with Crippen LogP contribution in [0, 0.1) is 22.7 Å². The first-order valence-electron chi connectivity index (χ1n) is 9.09. The Hall–Kier alpha value is -2.91. The number of thioether (sulfide) groups is 1. The lowest BCUT2D eigenvalue weighted by Gasteiger charge is -2.47. The number of carbonyl (C=O) groups excluding carboxylic acids is 1. The number of hydrogen-bond acceptors (Lipinski definition) is 6. The van der Waals surface area contributed by atoms with Crippen LogP contribution in [0.4, 0.5) is 5.69 Å². The van der Waals surface area contributed by atoms with E-state index >= 15 is 0 Å². The van der Waals surface area contributed by atoms with Gasteiger partial charge in [0.05, 0.1) is 35.5 Å². The summed E-state index contributed by atoms with van der Waals surface area (Å²) < 4.78 is 10.8. The molecule has 140 valence electrons. The average Bonchev–Trinajstić information content (AvgIpc) is 3.24. The van der Waals surface area contributed by atoms with Crippen LogP contribution in [0.5, 0.6) is 5.75 Å². The number of cyclic esters (lactones) is 1. The van der Waals surface area contributed by atoms with Gasteiger partial charge in [0, 0.05) is 10.3 Å². The first-order chi connectivity index (χ1) is 13.6. The molecule has 0 aromatic heterocycles. The molecule has 2 aromatic rings. The minimum Gasteiger partial charge on any atom is -0.497 e. The van der Waals surface area contributed by atoms with E-state index in [0.29, 0.717) is 5.57 Å². The molecule has 5 rings (SSSR count). The van der Waals surface area contributed by atoms with E-state index in [1.165, 1.54) is 0 Å². The molecule has 2 aromatic carbocycles. The maximum absolute atomic E-state index is 12.7. The number of ether oxygens (including phenoxy) is 2. The second-order valence-corrected chi connectivity index (χ2v) is 8.52. The molecule has 3 atom stereocenters. The number of hydrogen-bond donors (Lipinski definition) is 0. The van der Waals surface area contributed by atoms with Gasteiger partial charge in [-0.25, -0.2) is 0 Å². The van der Waals surface area contributed by atoms with Crippen LogP contribution in [0.2, 0.25) is 0 Å². The summed E-state index contributed by atoms with van der Waals surface area (Å²) >= 11 is 1.56. The van der Waals surface area contributed by atoms with Crippen molar-refractivity contribution >= 4 is 23.4 Å². The third-order valence-electron chi connectivity index (χ3n) is 5.92. The quantitative estimate of drug-likeness (QED) is 0.714. The fraction of sp³-hybridized carbons (Fsp3) is 0.273. The molecule has 3 aliphatic heterocycles. The molecule has 0 spiro atoms. The second-order valence-electron chi connectivity index (χ2n) is 7.49. The Balaban J connectivity index is 1.77. The fourth-order valence-corrected chi connectivity index (χ4v) is 5.84. The topological polar surface area (TPSA) is 62.6 Å². The number of nitriles is 1. The van der Waals surface area contributed by atoms with Gasteiger partial charge in [0.2, 0.25) is 0 Å². The van der Waals surface area contributed by atoms with Crippen LogP contribution in [0.15, 0.2) is 64.0 Å². The van der Waals surface area contributed by atoms with Crippen LogP contribution in [0.1, 0.15) is 18.5 Å². The summed E-state index contributed by atoms with van der Waals surface area (Å²) in [7, 11) is 1.64. The highest BCUT2D eigenvalue weighted by Gasteiger charge is 2.61. The summed E-state index contributed by atoms with van der Waals surface area (Å²) in [5.41, 5.74) is 2.10. The zero-order chi connectivity index (χ0) is 19.5. The minimum absolute atomic E-state index is 0.127. The number of fused-ring (bicyclic) bond motifs is 4. The van der Waals surface area contributed by atoms with Gasteiger partial charge in [-0.1, -0.05) is 43.0 Å². The van der Waals surface area contributed by atoms with Gasteiger partial charge in [0.25, 0.3) is 0 Å². The lowest BCUT2D eigenvalue weighted by molar-refractivity contribution is -0.140. The van der Waals surface area contributed by atoms with Crippen LogP contribution in [0.3, 0.4) is 0 Å². The Morgan fingerprint density at radius 2 is 2.00 bits per heavy atom. The molecule has 0 bridgehead atoms. The van der Waals surface area contributed by atoms with Crippen LogP contribution < -0.4 is 9.64 Å². The Morgan fingerprint density at radius 3 is 2.71 bits per heavy atom. The van der Waals surface area contributed by atoms with Crippen molar-refractivity contribution in [3.63, 3.8) is 0 Å². The van der Waals surface area contributed by atoms with Crippen LogP contribution in [0.25, 0.3) is 0 Å². The van der Waals surface area contributed by atoms with Crippen molar-refractivity contribution in [2.45, 2.75) is 17.9 Å². The lowest BCUT2D eigenvalue weighted by atomic mass is 9.66. The first kappa shape index (κ1) is 17.2. The summed E-state index contributed by atoms with van der Waals surface area (Å²) in [5, 5.41) is 10.8. The Kier molecular flexibility index (Phi) is 3.72. The summed E-state index contributed by atoms with van der Waals surface area (Å²) in [6.07, 6.45) is 0. The highest BCUT2D eigenvalue weighted by atomic mass is 32.2. The van der Waals surface area contributed by atoms with Crippen molar-refractivity contribution in [3.8, 4) is 11.8 Å². The highest BCUT2D eigenvalue weighted by molar-refractivity contribution is 8.03. The van der Waals surface area contributed by atoms with Gasteiger partial charge < -0.3 is 14.4 Å². The molecule has 1 saturated heterocycles. The van der Waals surface area contributed by atoms with Gasteiger partial charge >= 0.3 is 5.97 Å². The van der Waals surface area contributed by atoms with Gasteiger partial charge in [0.1, 0.15) is 18.3 Å². The lowest BCUT2D eigenvalue weighted by Crippen LogP contribution is -2.48. The summed E-state index contributed by atoms with van der Waals surface area (Å²) in [4.78, 5) is 16.0. The largest absolute Gasteiger partial charge is 0.497 e. The van der Waals surface area contributed by atoms with Crippen molar-refractivity contribution < 1.29 is 14.3 Å². The molecular weight excluding hydrogens is 372 g/mol. The van der Waals surface area contributed by atoms with Gasteiger partial charge in [-0.2, -0.15) is 5.26 Å². The molecule has 3 aliphatic rings. The van der Waals surface area contributed by atoms with E-state index in [-0.39, 0.29) is 18.6 Å². The molecular formula is C22H18N2O3S. The van der Waals surface area contributed by atoms with Crippen molar-refractivity contribution in [3.05, 3.63) is 64.7 Å². The zero-order valence-corrected chi connectivity index (χ0v) is 16.3. The van der Waals surface area contributed by atoms with E-state index in [1.807, 2.05) is 36.4 Å². The van der Waals surface area contributed by atoms with Gasteiger partial charge in [-0.3, -0.25) is 4.79 Å². The number of methoxy groups -OCH3 is 1. The van der Waals surface area contributed by atoms with Crippen molar-refractivity contribution in [1.82, 2.24) is 0 Å². The molecule has 3 heterocycles. The van der Waals surface area contributed by atoms with E-state index in [0.717, 1.165) is 26.9 Å². The van der Waals surface area contributed by atoms with E-state index in [9.17, 15) is 10.1 Å². The van der Waals surface area contributed by atoms with Crippen molar-refractivity contribution in [2.75, 3.05) is 18.6 Å². The Morgan fingerprint density at radius 1 is 1.25 bits per heavy atom.